The third-order valence-electron chi connectivity index (χ3n) is 3.89. The molecule has 2 aromatic rings. The first-order valence-electron chi connectivity index (χ1n) is 7.14. The van der Waals surface area contributed by atoms with Crippen molar-refractivity contribution in [1.82, 2.24) is 4.90 Å². The third-order valence-corrected chi connectivity index (χ3v) is 3.89. The normalized spacial score (nSPS) is 18.4. The van der Waals surface area contributed by atoms with Gasteiger partial charge in [-0.1, -0.05) is 12.1 Å². The number of piperidine rings is 1. The van der Waals surface area contributed by atoms with Crippen LogP contribution in [0.3, 0.4) is 0 Å². The van der Waals surface area contributed by atoms with Gasteiger partial charge in [0, 0.05) is 12.6 Å². The summed E-state index contributed by atoms with van der Waals surface area (Å²) >= 11 is 0. The highest BCUT2D eigenvalue weighted by molar-refractivity contribution is 5.95. The van der Waals surface area contributed by atoms with Crippen LogP contribution in [-0.4, -0.2) is 34.5 Å². The largest absolute Gasteiger partial charge is 0.480 e. The third kappa shape index (κ3) is 2.47. The van der Waals surface area contributed by atoms with Crippen LogP contribution in [0.25, 0.3) is 11.0 Å². The molecule has 0 spiro atoms. The van der Waals surface area contributed by atoms with E-state index in [0.717, 1.165) is 18.9 Å². The molecule has 1 aromatic carbocycles. The van der Waals surface area contributed by atoms with Gasteiger partial charge in [-0.2, -0.15) is 0 Å². The minimum atomic E-state index is -1.03. The summed E-state index contributed by atoms with van der Waals surface area (Å²) in [5.41, 5.74) is 0.0105. The Morgan fingerprint density at radius 3 is 2.77 bits per heavy atom. The van der Waals surface area contributed by atoms with Crippen LogP contribution >= 0.6 is 0 Å². The van der Waals surface area contributed by atoms with Crippen LogP contribution in [0.5, 0.6) is 0 Å². The van der Waals surface area contributed by atoms with Gasteiger partial charge in [0.05, 0.1) is 5.39 Å². The van der Waals surface area contributed by atoms with Gasteiger partial charge in [-0.25, -0.2) is 4.79 Å². The number of carbonyl (C=O) groups excluding carboxylic acids is 1. The lowest BCUT2D eigenvalue weighted by molar-refractivity contribution is -0.143. The van der Waals surface area contributed by atoms with Crippen molar-refractivity contribution < 1.29 is 19.1 Å². The molecule has 1 fully saturated rings. The van der Waals surface area contributed by atoms with Crippen LogP contribution in [-0.2, 0) is 4.79 Å². The second kappa shape index (κ2) is 5.63. The minimum absolute atomic E-state index is 0.114. The lowest BCUT2D eigenvalue weighted by atomic mass is 10.0. The first kappa shape index (κ1) is 14.3. The monoisotopic (exact) mass is 301 g/mol. The highest BCUT2D eigenvalue weighted by Gasteiger charge is 2.33. The molecule has 0 bridgehead atoms. The number of benzene rings is 1. The summed E-state index contributed by atoms with van der Waals surface area (Å²) in [5.74, 6) is -1.69. The highest BCUT2D eigenvalue weighted by Crippen LogP contribution is 2.21. The van der Waals surface area contributed by atoms with Crippen molar-refractivity contribution in [2.45, 2.75) is 25.3 Å². The van der Waals surface area contributed by atoms with Gasteiger partial charge in [0.2, 0.25) is 0 Å². The Morgan fingerprint density at radius 2 is 2.00 bits per heavy atom. The van der Waals surface area contributed by atoms with Crippen molar-refractivity contribution in [2.24, 2.45) is 0 Å². The Labute approximate surface area is 126 Å². The van der Waals surface area contributed by atoms with Gasteiger partial charge in [0.15, 0.2) is 11.2 Å². The van der Waals surface area contributed by atoms with Crippen LogP contribution in [0, 0.1) is 0 Å². The van der Waals surface area contributed by atoms with Crippen LogP contribution in [0.1, 0.15) is 29.8 Å². The van der Waals surface area contributed by atoms with Crippen molar-refractivity contribution >= 4 is 22.8 Å². The van der Waals surface area contributed by atoms with Crippen molar-refractivity contribution in [3.05, 3.63) is 46.3 Å². The molecule has 114 valence electrons. The van der Waals surface area contributed by atoms with Crippen LogP contribution in [0.4, 0.5) is 0 Å². The first-order valence-corrected chi connectivity index (χ1v) is 7.14. The van der Waals surface area contributed by atoms with E-state index in [1.165, 1.54) is 4.90 Å². The molecule has 1 atom stereocenters. The number of nitrogens with zero attached hydrogens (tertiary/aromatic N) is 1. The molecule has 3 rings (SSSR count). The lowest BCUT2D eigenvalue weighted by Crippen LogP contribution is -2.48. The number of likely N-dealkylation sites (tertiary alicyclic amines) is 1. The standard InChI is InChI=1S/C16H15NO5/c18-12-9-14(22-13-7-2-1-5-10(12)13)15(19)17-8-4-3-6-11(17)16(20)21/h1-2,5,7,9,11H,3-4,6,8H2,(H,20,21). The fraction of sp³-hybridized carbons (Fsp3) is 0.312. The van der Waals surface area contributed by atoms with E-state index in [2.05, 4.69) is 0 Å². The maximum Gasteiger partial charge on any atom is 0.326 e. The molecule has 1 N–H and O–H groups in total. The lowest BCUT2D eigenvalue weighted by Gasteiger charge is -2.32. The molecule has 22 heavy (non-hydrogen) atoms. The topological polar surface area (TPSA) is 87.8 Å². The molecule has 1 aliphatic rings. The Kier molecular flexibility index (Phi) is 3.66. The molecule has 1 aromatic heterocycles. The summed E-state index contributed by atoms with van der Waals surface area (Å²) in [4.78, 5) is 37.2. The van der Waals surface area contributed by atoms with Gasteiger partial charge in [-0.3, -0.25) is 9.59 Å². The summed E-state index contributed by atoms with van der Waals surface area (Å²) < 4.78 is 5.50. The van der Waals surface area contributed by atoms with Gasteiger partial charge in [-0.05, 0) is 31.4 Å². The van der Waals surface area contributed by atoms with Crippen molar-refractivity contribution in [1.29, 1.82) is 0 Å². The van der Waals surface area contributed by atoms with Crippen molar-refractivity contribution in [3.8, 4) is 0 Å². The van der Waals surface area contributed by atoms with Gasteiger partial charge in [0.25, 0.3) is 5.91 Å². The predicted molar refractivity (Wildman–Crippen MR) is 78.8 cm³/mol. The van der Waals surface area contributed by atoms with E-state index >= 15 is 0 Å². The zero-order valence-corrected chi connectivity index (χ0v) is 11.8. The van der Waals surface area contributed by atoms with E-state index in [4.69, 9.17) is 4.42 Å². The molecule has 0 radical (unpaired) electrons. The van der Waals surface area contributed by atoms with Crippen LogP contribution < -0.4 is 5.43 Å². The molecule has 0 aliphatic carbocycles. The molecule has 1 aliphatic heterocycles. The number of rotatable bonds is 2. The summed E-state index contributed by atoms with van der Waals surface area (Å²) in [5, 5.41) is 9.64. The van der Waals surface area contributed by atoms with Gasteiger partial charge >= 0.3 is 5.97 Å². The fourth-order valence-corrected chi connectivity index (χ4v) is 2.78. The van der Waals surface area contributed by atoms with E-state index in [1.807, 2.05) is 0 Å². The number of hydrogen-bond donors (Lipinski definition) is 1. The zero-order valence-electron chi connectivity index (χ0n) is 11.8. The van der Waals surface area contributed by atoms with Crippen LogP contribution in [0.15, 0.2) is 39.5 Å². The summed E-state index contributed by atoms with van der Waals surface area (Å²) in [6.07, 6.45) is 1.93. The molecule has 6 nitrogen and oxygen atoms in total. The van der Waals surface area contributed by atoms with E-state index in [-0.39, 0.29) is 11.2 Å². The minimum Gasteiger partial charge on any atom is -0.480 e. The van der Waals surface area contributed by atoms with Gasteiger partial charge < -0.3 is 14.4 Å². The van der Waals surface area contributed by atoms with Gasteiger partial charge in [-0.15, -0.1) is 0 Å². The van der Waals surface area contributed by atoms with E-state index in [9.17, 15) is 19.5 Å². The zero-order chi connectivity index (χ0) is 15.7. The maximum absolute atomic E-state index is 12.5. The molecule has 6 heteroatoms. The Bertz CT molecular complexity index is 794. The number of carbonyl (C=O) groups is 2. The smallest absolute Gasteiger partial charge is 0.326 e. The molecule has 1 amide bonds. The Balaban J connectivity index is 2.01. The number of amides is 1. The number of carboxylic acids is 1. The Hall–Kier alpha value is -2.63. The molecule has 0 saturated carbocycles. The van der Waals surface area contributed by atoms with Crippen molar-refractivity contribution in [2.75, 3.05) is 6.54 Å². The molecular formula is C16H15NO5. The van der Waals surface area contributed by atoms with E-state index in [0.29, 0.717) is 23.9 Å². The average Bonchev–Trinajstić information content (AvgIpc) is 2.54. The molecular weight excluding hydrogens is 286 g/mol. The molecule has 1 unspecified atom stereocenters. The first-order chi connectivity index (χ1) is 10.6. The second-order valence-electron chi connectivity index (χ2n) is 5.32. The second-order valence-corrected chi connectivity index (χ2v) is 5.32. The fourth-order valence-electron chi connectivity index (χ4n) is 2.78. The highest BCUT2D eigenvalue weighted by atomic mass is 16.4. The summed E-state index contributed by atoms with van der Waals surface area (Å²) in [6, 6.07) is 6.93. The van der Waals surface area contributed by atoms with E-state index < -0.39 is 17.9 Å². The van der Waals surface area contributed by atoms with Crippen LogP contribution in [0.2, 0.25) is 0 Å². The number of hydrogen-bond acceptors (Lipinski definition) is 4. The Morgan fingerprint density at radius 1 is 1.23 bits per heavy atom. The molecule has 1 saturated heterocycles. The number of para-hydroxylation sites is 1. The van der Waals surface area contributed by atoms with E-state index in [1.54, 1.807) is 24.3 Å². The summed E-state index contributed by atoms with van der Waals surface area (Å²) in [7, 11) is 0. The SMILES string of the molecule is O=C(O)C1CCCCN1C(=O)c1cc(=O)c2ccccc2o1. The molecule has 2 heterocycles. The number of fused-ring (bicyclic) bond motifs is 1. The maximum atomic E-state index is 12.5. The summed E-state index contributed by atoms with van der Waals surface area (Å²) in [6.45, 7) is 0.354. The average molecular weight is 301 g/mol. The number of carboxylic acid groups (broad SMARTS) is 1. The quantitative estimate of drug-likeness (QED) is 0.915. The predicted octanol–water partition coefficient (Wildman–Crippen LogP) is 1.87. The van der Waals surface area contributed by atoms with Crippen molar-refractivity contribution in [3.63, 3.8) is 0 Å². The van der Waals surface area contributed by atoms with Gasteiger partial charge in [0.1, 0.15) is 11.6 Å². The number of aliphatic carboxylic acids is 1.